The molecule has 39 heavy (non-hydrogen) atoms. The molecule has 2 rings (SSSR count). The lowest BCUT2D eigenvalue weighted by Gasteiger charge is -2.38. The van der Waals surface area contributed by atoms with E-state index in [2.05, 4.69) is 36.3 Å². The Hall–Kier alpha value is -2.35. The van der Waals surface area contributed by atoms with Crippen LogP contribution in [0, 0.1) is 27.7 Å². The fourth-order valence-electron chi connectivity index (χ4n) is 5.37. The van der Waals surface area contributed by atoms with Crippen molar-refractivity contribution >= 4 is 35.0 Å². The molecular formula is C32H51N4O2S+. The van der Waals surface area contributed by atoms with Crippen LogP contribution in [0.3, 0.4) is 0 Å². The molecular weight excluding hydrogens is 504 g/mol. The van der Waals surface area contributed by atoms with Crippen molar-refractivity contribution in [3.8, 4) is 0 Å². The van der Waals surface area contributed by atoms with Crippen molar-refractivity contribution in [1.82, 2.24) is 4.90 Å². The van der Waals surface area contributed by atoms with Crippen LogP contribution in [0.5, 0.6) is 0 Å². The molecule has 0 aliphatic carbocycles. The van der Waals surface area contributed by atoms with Crippen molar-refractivity contribution in [2.45, 2.75) is 67.7 Å². The van der Waals surface area contributed by atoms with Gasteiger partial charge in [0.15, 0.2) is 6.54 Å². The van der Waals surface area contributed by atoms with Crippen LogP contribution >= 0.6 is 11.8 Å². The van der Waals surface area contributed by atoms with Crippen LogP contribution in [0.1, 0.15) is 62.3 Å². The van der Waals surface area contributed by atoms with Gasteiger partial charge in [-0.05, 0) is 75.8 Å². The third kappa shape index (κ3) is 10.6. The van der Waals surface area contributed by atoms with Crippen molar-refractivity contribution in [1.29, 1.82) is 0 Å². The van der Waals surface area contributed by atoms with E-state index in [1.807, 2.05) is 75.9 Å². The third-order valence-corrected chi connectivity index (χ3v) is 8.28. The van der Waals surface area contributed by atoms with E-state index in [0.717, 1.165) is 95.2 Å². The maximum atomic E-state index is 13.2. The monoisotopic (exact) mass is 555 g/mol. The molecule has 0 aliphatic rings. The van der Waals surface area contributed by atoms with Crippen LogP contribution in [0.2, 0.25) is 0 Å². The number of thioether (sulfide) groups is 1. The van der Waals surface area contributed by atoms with E-state index in [1.165, 1.54) is 0 Å². The number of aryl methyl sites for hydroxylation is 4. The van der Waals surface area contributed by atoms with E-state index in [9.17, 15) is 9.59 Å². The number of hydrogen-bond donors (Lipinski definition) is 2. The number of hydrogen-bond acceptors (Lipinski definition) is 4. The maximum absolute atomic E-state index is 13.2. The number of para-hydroxylation sites is 2. The topological polar surface area (TPSA) is 61.4 Å². The molecule has 7 heteroatoms. The summed E-state index contributed by atoms with van der Waals surface area (Å²) in [4.78, 5) is 28.3. The SMILES string of the molecule is CCCN(CSCC[N+](CCC)(CCC)CC(=O)Nc1c(C)cccc1C)CC(=O)Nc1c(C)cccc1C. The molecule has 0 heterocycles. The highest BCUT2D eigenvalue weighted by Gasteiger charge is 2.29. The minimum absolute atomic E-state index is 0.0340. The molecule has 0 aliphatic heterocycles. The van der Waals surface area contributed by atoms with Gasteiger partial charge in [-0.25, -0.2) is 0 Å². The quantitative estimate of drug-likeness (QED) is 0.132. The van der Waals surface area contributed by atoms with Crippen molar-refractivity contribution < 1.29 is 14.1 Å². The molecule has 2 amide bonds. The number of rotatable bonds is 17. The Morgan fingerprint density at radius 3 is 1.69 bits per heavy atom. The number of quaternary nitrogens is 1. The van der Waals surface area contributed by atoms with E-state index in [1.54, 1.807) is 0 Å². The lowest BCUT2D eigenvalue weighted by Crippen LogP contribution is -2.54. The van der Waals surface area contributed by atoms with E-state index >= 15 is 0 Å². The first-order valence-corrected chi connectivity index (χ1v) is 15.7. The summed E-state index contributed by atoms with van der Waals surface area (Å²) in [7, 11) is 0. The molecule has 2 aromatic rings. The summed E-state index contributed by atoms with van der Waals surface area (Å²) in [5, 5.41) is 6.34. The average Bonchev–Trinajstić information content (AvgIpc) is 2.87. The first-order valence-electron chi connectivity index (χ1n) is 14.5. The molecule has 216 valence electrons. The molecule has 0 fully saturated rings. The third-order valence-electron chi connectivity index (χ3n) is 7.26. The molecule has 6 nitrogen and oxygen atoms in total. The Morgan fingerprint density at radius 1 is 0.744 bits per heavy atom. The van der Waals surface area contributed by atoms with Gasteiger partial charge in [0.2, 0.25) is 5.91 Å². The number of amides is 2. The fraction of sp³-hybridized carbons (Fsp3) is 0.562. The Labute approximate surface area is 241 Å². The summed E-state index contributed by atoms with van der Waals surface area (Å²) in [6.07, 6.45) is 3.09. The summed E-state index contributed by atoms with van der Waals surface area (Å²) in [5.74, 6) is 1.89. The predicted octanol–water partition coefficient (Wildman–Crippen LogP) is 6.54. The second-order valence-corrected chi connectivity index (χ2v) is 12.0. The highest BCUT2D eigenvalue weighted by Crippen LogP contribution is 2.22. The smallest absolute Gasteiger partial charge is 0.279 e. The van der Waals surface area contributed by atoms with Gasteiger partial charge in [-0.2, -0.15) is 0 Å². The number of nitrogens with one attached hydrogen (secondary N) is 2. The highest BCUT2D eigenvalue weighted by atomic mass is 32.2. The van der Waals surface area contributed by atoms with Gasteiger partial charge >= 0.3 is 0 Å². The molecule has 2 aromatic carbocycles. The summed E-state index contributed by atoms with van der Waals surface area (Å²) < 4.78 is 0.803. The number of anilines is 2. The summed E-state index contributed by atoms with van der Waals surface area (Å²) >= 11 is 1.87. The molecule has 0 bridgehead atoms. The van der Waals surface area contributed by atoms with E-state index < -0.39 is 0 Å². The van der Waals surface area contributed by atoms with Gasteiger partial charge in [0.1, 0.15) is 0 Å². The van der Waals surface area contributed by atoms with Crippen molar-refractivity contribution in [2.75, 3.05) is 61.5 Å². The van der Waals surface area contributed by atoms with Gasteiger partial charge in [0.25, 0.3) is 5.91 Å². The van der Waals surface area contributed by atoms with Gasteiger partial charge in [0.05, 0.1) is 26.2 Å². The fourth-order valence-corrected chi connectivity index (χ4v) is 6.49. The van der Waals surface area contributed by atoms with Crippen LogP contribution in [-0.4, -0.2) is 72.1 Å². The summed E-state index contributed by atoms with van der Waals surface area (Å²) in [6.45, 7) is 19.4. The van der Waals surface area contributed by atoms with Gasteiger partial charge < -0.3 is 15.1 Å². The number of nitrogens with zero attached hydrogens (tertiary/aromatic N) is 2. The predicted molar refractivity (Wildman–Crippen MR) is 169 cm³/mol. The normalized spacial score (nSPS) is 11.6. The van der Waals surface area contributed by atoms with Crippen molar-refractivity contribution in [3.63, 3.8) is 0 Å². The minimum atomic E-state index is 0.0340. The largest absolute Gasteiger partial charge is 0.324 e. The zero-order valence-corrected chi connectivity index (χ0v) is 26.2. The lowest BCUT2D eigenvalue weighted by atomic mass is 10.1. The molecule has 0 saturated heterocycles. The highest BCUT2D eigenvalue weighted by molar-refractivity contribution is 7.99. The van der Waals surface area contributed by atoms with Crippen molar-refractivity contribution in [3.05, 3.63) is 58.7 Å². The van der Waals surface area contributed by atoms with E-state index in [4.69, 9.17) is 0 Å². The molecule has 0 aromatic heterocycles. The van der Waals surface area contributed by atoms with Crippen LogP contribution in [0.25, 0.3) is 0 Å². The Kier molecular flexibility index (Phi) is 14.1. The lowest BCUT2D eigenvalue weighted by molar-refractivity contribution is -0.918. The number of carbonyl (C=O) groups excluding carboxylic acids is 2. The van der Waals surface area contributed by atoms with Gasteiger partial charge in [-0.1, -0.05) is 57.2 Å². The standard InChI is InChI=1S/C32H50N4O2S/c1-8-17-35(22-29(37)33-31-25(4)13-11-14-26(31)5)24-39-21-20-36(18-9-2,19-10-3)23-30(38)34-32-27(6)15-12-16-28(32)7/h11-16H,8-10,17-24H2,1-7H3,(H-,33,34,37,38)/p+1. The minimum Gasteiger partial charge on any atom is -0.324 e. The first kappa shape index (κ1) is 32.9. The van der Waals surface area contributed by atoms with Crippen LogP contribution < -0.4 is 10.6 Å². The summed E-state index contributed by atoms with van der Waals surface area (Å²) in [5.41, 5.74) is 6.23. The van der Waals surface area contributed by atoms with E-state index in [-0.39, 0.29) is 11.8 Å². The molecule has 2 N–H and O–H groups in total. The zero-order valence-electron chi connectivity index (χ0n) is 25.4. The summed E-state index contributed by atoms with van der Waals surface area (Å²) in [6, 6.07) is 12.2. The second-order valence-electron chi connectivity index (χ2n) is 10.9. The molecule has 0 saturated carbocycles. The molecule has 0 radical (unpaired) electrons. The Morgan fingerprint density at radius 2 is 1.23 bits per heavy atom. The van der Waals surface area contributed by atoms with Gasteiger partial charge in [-0.15, -0.1) is 11.8 Å². The van der Waals surface area contributed by atoms with Gasteiger partial charge in [-0.3, -0.25) is 14.5 Å². The molecule has 0 spiro atoms. The Bertz CT molecular complexity index is 1030. The second kappa shape index (κ2) is 16.7. The van der Waals surface area contributed by atoms with Gasteiger partial charge in [0, 0.05) is 23.0 Å². The van der Waals surface area contributed by atoms with Crippen LogP contribution in [0.4, 0.5) is 11.4 Å². The number of benzene rings is 2. The first-order chi connectivity index (χ1) is 18.6. The maximum Gasteiger partial charge on any atom is 0.279 e. The average molecular weight is 556 g/mol. The van der Waals surface area contributed by atoms with E-state index in [0.29, 0.717) is 13.1 Å². The molecule has 0 unspecified atom stereocenters. The Balaban J connectivity index is 1.97. The van der Waals surface area contributed by atoms with Crippen LogP contribution in [0.15, 0.2) is 36.4 Å². The molecule has 0 atom stereocenters. The van der Waals surface area contributed by atoms with Crippen molar-refractivity contribution in [2.24, 2.45) is 0 Å². The van der Waals surface area contributed by atoms with Crippen LogP contribution in [-0.2, 0) is 9.59 Å². The number of carbonyl (C=O) groups is 2. The zero-order chi connectivity index (χ0) is 28.8.